The second-order valence-electron chi connectivity index (χ2n) is 4.82. The van der Waals surface area contributed by atoms with Crippen molar-refractivity contribution < 1.29 is 17.6 Å². The summed E-state index contributed by atoms with van der Waals surface area (Å²) in [6.07, 6.45) is 2.18. The van der Waals surface area contributed by atoms with Crippen LogP contribution in [0.15, 0.2) is 23.1 Å². The van der Waals surface area contributed by atoms with Crippen LogP contribution in [0.5, 0.6) is 0 Å². The third-order valence-corrected chi connectivity index (χ3v) is 3.99. The summed E-state index contributed by atoms with van der Waals surface area (Å²) in [5.41, 5.74) is -0.143. The Morgan fingerprint density at radius 1 is 1.47 bits per heavy atom. The van der Waals surface area contributed by atoms with Crippen LogP contribution in [-0.4, -0.2) is 32.8 Å². The molecule has 2 N–H and O–H groups in total. The summed E-state index contributed by atoms with van der Waals surface area (Å²) >= 11 is 0. The van der Waals surface area contributed by atoms with Crippen LogP contribution in [0.2, 0.25) is 0 Å². The molecule has 1 aromatic carbocycles. The summed E-state index contributed by atoms with van der Waals surface area (Å²) < 4.78 is 35.9. The second kappa shape index (κ2) is 4.90. The molecule has 0 unspecified atom stereocenters. The van der Waals surface area contributed by atoms with Crippen molar-refractivity contribution in [3.63, 3.8) is 0 Å². The first-order valence-electron chi connectivity index (χ1n) is 5.87. The highest BCUT2D eigenvalue weighted by atomic mass is 32.2. The number of benzene rings is 1. The lowest BCUT2D eigenvalue weighted by Gasteiger charge is -2.17. The molecule has 0 aliphatic heterocycles. The largest absolute Gasteiger partial charge is 0.341 e. The molecule has 0 heterocycles. The van der Waals surface area contributed by atoms with Crippen molar-refractivity contribution in [1.29, 1.82) is 0 Å². The number of hydrogen-bond donors (Lipinski definition) is 1. The fourth-order valence-corrected chi connectivity index (χ4v) is 2.35. The normalized spacial score (nSPS) is 15.3. The predicted octanol–water partition coefficient (Wildman–Crippen LogP) is 0.955. The molecule has 0 bridgehead atoms. The molecule has 0 atom stereocenters. The first-order chi connectivity index (χ1) is 8.79. The molecule has 0 spiro atoms. The molecular formula is C12H15FN2O3S. The SMILES string of the molecule is CN(CC1CC1)C(=O)c1ccc(S(N)(=O)=O)cc1F. The van der Waals surface area contributed by atoms with Gasteiger partial charge in [0.2, 0.25) is 10.0 Å². The molecule has 1 saturated carbocycles. The van der Waals surface area contributed by atoms with Gasteiger partial charge in [-0.15, -0.1) is 0 Å². The van der Waals surface area contributed by atoms with Crippen molar-refractivity contribution in [1.82, 2.24) is 4.90 Å². The van der Waals surface area contributed by atoms with Gasteiger partial charge in [-0.25, -0.2) is 17.9 Å². The number of halogens is 1. The Labute approximate surface area is 111 Å². The molecule has 0 radical (unpaired) electrons. The molecule has 1 aliphatic carbocycles. The maximum Gasteiger partial charge on any atom is 0.256 e. The van der Waals surface area contributed by atoms with E-state index in [1.807, 2.05) is 0 Å². The van der Waals surface area contributed by atoms with Gasteiger partial charge in [-0.3, -0.25) is 4.79 Å². The number of sulfonamides is 1. The first-order valence-corrected chi connectivity index (χ1v) is 7.41. The third-order valence-electron chi connectivity index (χ3n) is 3.08. The average Bonchev–Trinajstić information content (AvgIpc) is 3.10. The maximum atomic E-state index is 13.8. The Kier molecular flexibility index (Phi) is 3.60. The summed E-state index contributed by atoms with van der Waals surface area (Å²) in [7, 11) is -2.36. The van der Waals surface area contributed by atoms with E-state index in [4.69, 9.17) is 5.14 Å². The molecule has 0 saturated heterocycles. The Morgan fingerprint density at radius 2 is 2.11 bits per heavy atom. The van der Waals surface area contributed by atoms with Crippen molar-refractivity contribution in [2.24, 2.45) is 11.1 Å². The van der Waals surface area contributed by atoms with Gasteiger partial charge in [-0.2, -0.15) is 0 Å². The van der Waals surface area contributed by atoms with Crippen LogP contribution in [0.3, 0.4) is 0 Å². The van der Waals surface area contributed by atoms with Crippen molar-refractivity contribution in [2.45, 2.75) is 17.7 Å². The summed E-state index contributed by atoms with van der Waals surface area (Å²) in [6.45, 7) is 0.592. The van der Waals surface area contributed by atoms with E-state index >= 15 is 0 Å². The molecule has 0 aromatic heterocycles. The molecule has 1 fully saturated rings. The van der Waals surface area contributed by atoms with E-state index in [0.29, 0.717) is 12.5 Å². The highest BCUT2D eigenvalue weighted by molar-refractivity contribution is 7.89. The van der Waals surface area contributed by atoms with Crippen LogP contribution in [-0.2, 0) is 10.0 Å². The van der Waals surface area contributed by atoms with Crippen LogP contribution in [0.4, 0.5) is 4.39 Å². The van der Waals surface area contributed by atoms with E-state index < -0.39 is 21.7 Å². The Morgan fingerprint density at radius 3 is 2.58 bits per heavy atom. The minimum Gasteiger partial charge on any atom is -0.341 e. The van der Waals surface area contributed by atoms with E-state index in [2.05, 4.69) is 0 Å². The molecule has 1 aromatic rings. The van der Waals surface area contributed by atoms with Gasteiger partial charge in [-0.1, -0.05) is 0 Å². The van der Waals surface area contributed by atoms with E-state index in [0.717, 1.165) is 31.0 Å². The van der Waals surface area contributed by atoms with Gasteiger partial charge in [-0.05, 0) is 37.0 Å². The van der Waals surface area contributed by atoms with Gasteiger partial charge in [0.15, 0.2) is 0 Å². The lowest BCUT2D eigenvalue weighted by molar-refractivity contribution is 0.0784. The number of primary sulfonamides is 1. The fourth-order valence-electron chi connectivity index (χ4n) is 1.82. The van der Waals surface area contributed by atoms with Crippen molar-refractivity contribution in [3.8, 4) is 0 Å². The molecule has 1 aliphatic rings. The second-order valence-corrected chi connectivity index (χ2v) is 6.38. The van der Waals surface area contributed by atoms with Gasteiger partial charge in [0.05, 0.1) is 10.5 Å². The monoisotopic (exact) mass is 286 g/mol. The lowest BCUT2D eigenvalue weighted by Crippen LogP contribution is -2.29. The minimum atomic E-state index is -3.96. The molecular weight excluding hydrogens is 271 g/mol. The highest BCUT2D eigenvalue weighted by Gasteiger charge is 2.26. The number of amides is 1. The lowest BCUT2D eigenvalue weighted by atomic mass is 10.2. The molecule has 1 amide bonds. The standard InChI is InChI=1S/C12H15FN2O3S/c1-15(7-8-2-3-8)12(16)10-5-4-9(6-11(10)13)19(14,17)18/h4-6,8H,2-3,7H2,1H3,(H2,14,17,18). The van der Waals surface area contributed by atoms with Crippen molar-refractivity contribution in [3.05, 3.63) is 29.6 Å². The summed E-state index contributed by atoms with van der Waals surface area (Å²) in [5, 5.41) is 4.90. The molecule has 5 nitrogen and oxygen atoms in total. The predicted molar refractivity (Wildman–Crippen MR) is 67.5 cm³/mol. The van der Waals surface area contributed by atoms with Gasteiger partial charge >= 0.3 is 0 Å². The summed E-state index contributed by atoms with van der Waals surface area (Å²) in [6, 6.07) is 3.06. The zero-order valence-electron chi connectivity index (χ0n) is 10.5. The van der Waals surface area contributed by atoms with E-state index in [-0.39, 0.29) is 10.5 Å². The van der Waals surface area contributed by atoms with Crippen LogP contribution in [0.25, 0.3) is 0 Å². The van der Waals surface area contributed by atoms with E-state index in [1.54, 1.807) is 7.05 Å². The minimum absolute atomic E-state index is 0.143. The zero-order chi connectivity index (χ0) is 14.2. The number of rotatable bonds is 4. The Bertz CT molecular complexity index is 611. The van der Waals surface area contributed by atoms with Crippen LogP contribution in [0.1, 0.15) is 23.2 Å². The Hall–Kier alpha value is -1.47. The first kappa shape index (κ1) is 14.0. The molecule has 104 valence electrons. The van der Waals surface area contributed by atoms with E-state index in [9.17, 15) is 17.6 Å². The molecule has 2 rings (SSSR count). The van der Waals surface area contributed by atoms with Crippen LogP contribution in [0, 0.1) is 11.7 Å². The average molecular weight is 286 g/mol. The summed E-state index contributed by atoms with van der Waals surface area (Å²) in [4.78, 5) is 13.1. The van der Waals surface area contributed by atoms with E-state index in [1.165, 1.54) is 4.90 Å². The van der Waals surface area contributed by atoms with Crippen molar-refractivity contribution in [2.75, 3.05) is 13.6 Å². The van der Waals surface area contributed by atoms with Gasteiger partial charge < -0.3 is 4.90 Å². The van der Waals surface area contributed by atoms with Crippen molar-refractivity contribution >= 4 is 15.9 Å². The smallest absolute Gasteiger partial charge is 0.256 e. The van der Waals surface area contributed by atoms with Gasteiger partial charge in [0, 0.05) is 13.6 Å². The highest BCUT2D eigenvalue weighted by Crippen LogP contribution is 2.29. The number of carbonyl (C=O) groups excluding carboxylic acids is 1. The number of nitrogens with zero attached hydrogens (tertiary/aromatic N) is 1. The van der Waals surface area contributed by atoms with Gasteiger partial charge in [0.1, 0.15) is 5.82 Å². The fraction of sp³-hybridized carbons (Fsp3) is 0.417. The topological polar surface area (TPSA) is 80.5 Å². The van der Waals surface area contributed by atoms with Gasteiger partial charge in [0.25, 0.3) is 5.91 Å². The summed E-state index contributed by atoms with van der Waals surface area (Å²) in [5.74, 6) is -0.828. The Balaban J connectivity index is 2.22. The quantitative estimate of drug-likeness (QED) is 0.895. The molecule has 19 heavy (non-hydrogen) atoms. The molecule has 7 heteroatoms. The number of nitrogens with two attached hydrogens (primary N) is 1. The zero-order valence-corrected chi connectivity index (χ0v) is 11.3. The number of hydrogen-bond acceptors (Lipinski definition) is 3. The number of carbonyl (C=O) groups is 1. The maximum absolute atomic E-state index is 13.8. The van der Waals surface area contributed by atoms with Crippen LogP contribution >= 0.6 is 0 Å². The van der Waals surface area contributed by atoms with Crippen LogP contribution < -0.4 is 5.14 Å². The third kappa shape index (κ3) is 3.30.